The van der Waals surface area contributed by atoms with Crippen LogP contribution in [0.5, 0.6) is 23.0 Å². The summed E-state index contributed by atoms with van der Waals surface area (Å²) in [5, 5.41) is 94.7. The van der Waals surface area contributed by atoms with E-state index in [1.54, 1.807) is 27.7 Å². The average Bonchev–Trinajstić information content (AvgIpc) is 3.15. The van der Waals surface area contributed by atoms with Crippen molar-refractivity contribution in [1.29, 1.82) is 0 Å². The van der Waals surface area contributed by atoms with Crippen molar-refractivity contribution >= 4 is 68.6 Å². The van der Waals surface area contributed by atoms with Gasteiger partial charge >= 0.3 is 5.97 Å². The molecule has 0 aromatic heterocycles. The van der Waals surface area contributed by atoms with E-state index >= 15 is 0 Å². The Bertz CT molecular complexity index is 2560. The Kier molecular flexibility index (Phi) is 10.6. The number of ketones is 2. The van der Waals surface area contributed by atoms with Gasteiger partial charge in [0.15, 0.2) is 11.6 Å². The molecule has 2 aliphatic rings. The quantitative estimate of drug-likeness (QED) is 0.0387. The molecule has 0 saturated heterocycles. The highest BCUT2D eigenvalue weighted by atomic mass is 35.5. The molecule has 15 heteroatoms. The predicted molar refractivity (Wildman–Crippen MR) is 215 cm³/mol. The summed E-state index contributed by atoms with van der Waals surface area (Å²) in [7, 11) is 1.03. The van der Waals surface area contributed by atoms with E-state index in [1.807, 2.05) is 0 Å². The van der Waals surface area contributed by atoms with E-state index < -0.39 is 132 Å². The van der Waals surface area contributed by atoms with Crippen molar-refractivity contribution in [3.05, 3.63) is 80.2 Å². The monoisotopic (exact) mass is 836 g/mol. The third-order valence-corrected chi connectivity index (χ3v) is 13.0. The number of aliphatic hydroxyl groups excluding tert-OH is 2. The van der Waals surface area contributed by atoms with Gasteiger partial charge < -0.3 is 45.6 Å². The van der Waals surface area contributed by atoms with Crippen molar-refractivity contribution < 1.29 is 64.8 Å². The Hall–Kier alpha value is -5.34. The fourth-order valence-electron chi connectivity index (χ4n) is 9.40. The van der Waals surface area contributed by atoms with Crippen LogP contribution in [0, 0.1) is 23.7 Å². The number of aliphatic hydroxyl groups is 4. The zero-order valence-electron chi connectivity index (χ0n) is 32.4. The molecule has 6 atom stereocenters. The summed E-state index contributed by atoms with van der Waals surface area (Å²) in [6, 6.07) is 4.71. The molecule has 306 valence electrons. The van der Waals surface area contributed by atoms with E-state index in [1.165, 1.54) is 26.0 Å². The number of phenols is 4. The van der Waals surface area contributed by atoms with Crippen molar-refractivity contribution in [1.82, 2.24) is 0 Å². The van der Waals surface area contributed by atoms with Gasteiger partial charge in [0.05, 0.1) is 58.1 Å². The summed E-state index contributed by atoms with van der Waals surface area (Å²) < 4.78 is 4.80. The number of fused-ring (bicyclic) bond motifs is 4. The van der Waals surface area contributed by atoms with Crippen molar-refractivity contribution in [3.8, 4) is 34.1 Å². The molecule has 6 rings (SSSR count). The number of halogens is 2. The number of esters is 1. The maximum absolute atomic E-state index is 14.8. The van der Waals surface area contributed by atoms with Crippen molar-refractivity contribution in [3.63, 3.8) is 0 Å². The molecular weight excluding hydrogens is 795 g/mol. The van der Waals surface area contributed by atoms with Crippen LogP contribution >= 0.6 is 23.2 Å². The molecule has 0 heterocycles. The predicted octanol–water partition coefficient (Wildman–Crippen LogP) is 7.65. The number of allylic oxidation sites excluding steroid dienone is 1. The van der Waals surface area contributed by atoms with Crippen LogP contribution in [0.1, 0.15) is 85.2 Å². The second kappa shape index (κ2) is 14.5. The van der Waals surface area contributed by atoms with E-state index in [0.717, 1.165) is 25.3 Å². The van der Waals surface area contributed by atoms with Gasteiger partial charge in [-0.05, 0) is 58.4 Å². The molecule has 4 aromatic rings. The number of aromatic hydroxyl groups is 4. The van der Waals surface area contributed by atoms with Gasteiger partial charge in [-0.15, -0.1) is 0 Å². The minimum Gasteiger partial charge on any atom is -0.511 e. The summed E-state index contributed by atoms with van der Waals surface area (Å²) in [5.74, 6) is -15.7. The summed E-state index contributed by atoms with van der Waals surface area (Å²) >= 11 is 14.0. The third-order valence-electron chi connectivity index (χ3n) is 12.4. The Balaban J connectivity index is 2.11. The number of carbonyl (C=O) groups is 4. The molecular formula is C43H42Cl2O13. The Morgan fingerprint density at radius 3 is 1.41 bits per heavy atom. The topological polar surface area (TPSA) is 239 Å². The van der Waals surface area contributed by atoms with Gasteiger partial charge in [-0.2, -0.15) is 0 Å². The SMILES string of the molecule is COC(=O)/C=C(\O)C1c2c(c(O)c3c(O)ccc(Cl)c3c2-c2c3c(c(O)c4c(O)ccc(Cl)c24)C(=O)C(C)C(O)(C(C)C)C3/C(O)=C/C=O)C(=O)C(C)C1(O)C(C)C. The van der Waals surface area contributed by atoms with Gasteiger partial charge in [0.2, 0.25) is 0 Å². The lowest BCUT2D eigenvalue weighted by molar-refractivity contribution is -0.135. The van der Waals surface area contributed by atoms with Gasteiger partial charge in [0.25, 0.3) is 0 Å². The van der Waals surface area contributed by atoms with Crippen LogP contribution in [0.4, 0.5) is 0 Å². The second-order valence-electron chi connectivity index (χ2n) is 15.6. The fraction of sp³-hybridized carbons (Fsp3) is 0.349. The number of Topliss-reactive ketones (excluding diaryl/α,β-unsaturated/α-hetero) is 2. The highest BCUT2D eigenvalue weighted by Crippen LogP contribution is 2.63. The molecule has 0 amide bonds. The van der Waals surface area contributed by atoms with Crippen LogP contribution in [0.15, 0.2) is 47.9 Å². The van der Waals surface area contributed by atoms with Crippen molar-refractivity contribution in [2.45, 2.75) is 64.6 Å². The number of ether oxygens (including phenoxy) is 1. The molecule has 58 heavy (non-hydrogen) atoms. The first kappa shape index (κ1) is 42.3. The first-order chi connectivity index (χ1) is 27.1. The van der Waals surface area contributed by atoms with Gasteiger partial charge in [0.1, 0.15) is 40.8 Å². The largest absolute Gasteiger partial charge is 0.511 e. The fourth-order valence-corrected chi connectivity index (χ4v) is 9.91. The summed E-state index contributed by atoms with van der Waals surface area (Å²) in [6.45, 7) is 8.89. The number of hydrogen-bond donors (Lipinski definition) is 8. The molecule has 0 fully saturated rings. The second-order valence-corrected chi connectivity index (χ2v) is 16.4. The molecule has 2 aliphatic carbocycles. The zero-order valence-corrected chi connectivity index (χ0v) is 33.9. The van der Waals surface area contributed by atoms with Crippen LogP contribution in [-0.4, -0.2) is 83.0 Å². The lowest BCUT2D eigenvalue weighted by Crippen LogP contribution is -2.55. The Morgan fingerprint density at radius 1 is 0.690 bits per heavy atom. The van der Waals surface area contributed by atoms with Crippen molar-refractivity contribution in [2.24, 2.45) is 23.7 Å². The summed E-state index contributed by atoms with van der Waals surface area (Å²) in [4.78, 5) is 54.4. The lowest BCUT2D eigenvalue weighted by Gasteiger charge is -2.49. The average molecular weight is 838 g/mol. The number of carbonyl (C=O) groups excluding carboxylic acids is 4. The minimum absolute atomic E-state index is 0.232. The standard InChI is InChI=1S/C43H42Cl2O13/c1-15(2)42(56)17(5)38(52)34-32(36(42)23(49)12-13-46)30(26-19(44)8-10-21(47)28(26)40(34)54)31-27-20(45)9-11-22(48)29(27)41(55)35-33(31)37(24(50)14-25(51)58-7)43(57,16(3)4)18(6)39(35)53/h8-18,36-37,47-50,54-57H,1-7H3/b23-12-,24-14-. The molecule has 13 nitrogen and oxygen atoms in total. The maximum Gasteiger partial charge on any atom is 0.333 e. The Labute approximate surface area is 342 Å². The number of aldehydes is 1. The molecule has 0 aliphatic heterocycles. The van der Waals surface area contributed by atoms with Gasteiger partial charge in [-0.25, -0.2) is 4.79 Å². The normalized spacial score (nSPS) is 25.1. The molecule has 4 aromatic carbocycles. The summed E-state index contributed by atoms with van der Waals surface area (Å²) in [5.41, 5.74) is -7.19. The number of phenolic OH excluding ortho intramolecular Hbond substituents is 4. The first-order valence-electron chi connectivity index (χ1n) is 18.3. The number of methoxy groups -OCH3 is 1. The zero-order chi connectivity index (χ0) is 43.2. The first-order valence-corrected chi connectivity index (χ1v) is 19.1. The molecule has 0 radical (unpaired) electrons. The molecule has 6 unspecified atom stereocenters. The smallest absolute Gasteiger partial charge is 0.333 e. The lowest BCUT2D eigenvalue weighted by atomic mass is 9.56. The molecule has 0 saturated carbocycles. The van der Waals surface area contributed by atoms with Crippen LogP contribution in [-0.2, 0) is 14.3 Å². The number of hydrogen-bond acceptors (Lipinski definition) is 13. The summed E-state index contributed by atoms with van der Waals surface area (Å²) in [6.07, 6.45) is 1.63. The van der Waals surface area contributed by atoms with E-state index in [4.69, 9.17) is 27.9 Å². The van der Waals surface area contributed by atoms with Gasteiger partial charge in [-0.3, -0.25) is 14.4 Å². The maximum atomic E-state index is 14.8. The van der Waals surface area contributed by atoms with E-state index in [-0.39, 0.29) is 38.2 Å². The number of rotatable bonds is 7. The van der Waals surface area contributed by atoms with Crippen molar-refractivity contribution in [2.75, 3.05) is 7.11 Å². The highest BCUT2D eigenvalue weighted by Gasteiger charge is 2.59. The van der Waals surface area contributed by atoms with E-state index in [2.05, 4.69) is 0 Å². The van der Waals surface area contributed by atoms with Crippen LogP contribution in [0.25, 0.3) is 32.7 Å². The third kappa shape index (κ3) is 5.58. The van der Waals surface area contributed by atoms with Crippen LogP contribution < -0.4 is 0 Å². The Morgan fingerprint density at radius 2 is 1.07 bits per heavy atom. The highest BCUT2D eigenvalue weighted by molar-refractivity contribution is 6.41. The van der Waals surface area contributed by atoms with Crippen LogP contribution in [0.2, 0.25) is 10.0 Å². The molecule has 0 bridgehead atoms. The molecule has 8 N–H and O–H groups in total. The number of benzene rings is 4. The van der Waals surface area contributed by atoms with Gasteiger partial charge in [0, 0.05) is 38.7 Å². The minimum atomic E-state index is -2.31. The van der Waals surface area contributed by atoms with E-state index in [0.29, 0.717) is 6.08 Å². The van der Waals surface area contributed by atoms with Gasteiger partial charge in [-0.1, -0.05) is 64.7 Å². The van der Waals surface area contributed by atoms with Crippen LogP contribution in [0.3, 0.4) is 0 Å². The van der Waals surface area contributed by atoms with E-state index in [9.17, 15) is 60.0 Å². The molecule has 0 spiro atoms.